The maximum atomic E-state index is 10.4. The molecule has 0 spiro atoms. The van der Waals surface area contributed by atoms with Gasteiger partial charge in [-0.25, -0.2) is 9.59 Å². The van der Waals surface area contributed by atoms with E-state index in [0.717, 1.165) is 6.08 Å². The fourth-order valence-electron chi connectivity index (χ4n) is 0.253. The van der Waals surface area contributed by atoms with Crippen LogP contribution in [0.5, 0.6) is 0 Å². The summed E-state index contributed by atoms with van der Waals surface area (Å²) in [6.45, 7) is 5.18. The number of amides is 1. The van der Waals surface area contributed by atoms with E-state index in [1.807, 2.05) is 0 Å². The van der Waals surface area contributed by atoms with Gasteiger partial charge in [-0.15, -0.1) is 0 Å². The zero-order valence-electron chi connectivity index (χ0n) is 8.11. The average molecular weight is 189 g/mol. The number of ether oxygens (including phenoxy) is 1. The van der Waals surface area contributed by atoms with Crippen molar-refractivity contribution < 1.29 is 19.4 Å². The molecule has 5 heteroatoms. The van der Waals surface area contributed by atoms with Crippen molar-refractivity contribution in [3.63, 3.8) is 0 Å². The van der Waals surface area contributed by atoms with Crippen molar-refractivity contribution in [1.82, 2.24) is 4.90 Å². The van der Waals surface area contributed by atoms with Crippen molar-refractivity contribution in [3.05, 3.63) is 12.7 Å². The van der Waals surface area contributed by atoms with Gasteiger partial charge in [0.25, 0.3) is 0 Å². The number of carbonyl (C=O) groups excluding carboxylic acids is 1. The fourth-order valence-corrected chi connectivity index (χ4v) is 0.253. The molecule has 1 N–H and O–H groups in total. The maximum Gasteiger partial charge on any atom is 0.409 e. The second kappa shape index (κ2) is 8.58. The van der Waals surface area contributed by atoms with E-state index in [4.69, 9.17) is 5.11 Å². The van der Waals surface area contributed by atoms with Gasteiger partial charge in [0.2, 0.25) is 0 Å². The Labute approximate surface area is 77.6 Å². The van der Waals surface area contributed by atoms with Crippen LogP contribution in [0.2, 0.25) is 0 Å². The highest BCUT2D eigenvalue weighted by molar-refractivity contribution is 5.78. The molecule has 0 aliphatic carbocycles. The molecule has 0 aromatic rings. The Morgan fingerprint density at radius 2 is 1.92 bits per heavy atom. The molecule has 0 aromatic heterocycles. The quantitative estimate of drug-likeness (QED) is 0.657. The van der Waals surface area contributed by atoms with Crippen LogP contribution >= 0.6 is 0 Å². The molecule has 76 valence electrons. The van der Waals surface area contributed by atoms with Crippen molar-refractivity contribution in [2.24, 2.45) is 0 Å². The molecule has 0 fully saturated rings. The number of carbonyl (C=O) groups is 2. The number of hydrogen-bond donors (Lipinski definition) is 1. The maximum absolute atomic E-state index is 10.4. The van der Waals surface area contributed by atoms with Crippen LogP contribution in [0, 0.1) is 0 Å². The normalized spacial score (nSPS) is 7.62. The Morgan fingerprint density at radius 1 is 1.54 bits per heavy atom. The second-order valence-corrected chi connectivity index (χ2v) is 2.14. The largest absolute Gasteiger partial charge is 0.478 e. The van der Waals surface area contributed by atoms with E-state index in [9.17, 15) is 9.59 Å². The van der Waals surface area contributed by atoms with Gasteiger partial charge in [0, 0.05) is 20.2 Å². The molecular formula is C8H15NO4. The number of carboxylic acid groups (broad SMARTS) is 1. The van der Waals surface area contributed by atoms with Crippen LogP contribution in [0.4, 0.5) is 4.79 Å². The lowest BCUT2D eigenvalue weighted by Crippen LogP contribution is -2.22. The molecule has 1 amide bonds. The van der Waals surface area contributed by atoms with Crippen molar-refractivity contribution in [1.29, 1.82) is 0 Å². The summed E-state index contributed by atoms with van der Waals surface area (Å²) < 4.78 is 4.59. The first kappa shape index (κ1) is 14.0. The molecule has 13 heavy (non-hydrogen) atoms. The summed E-state index contributed by atoms with van der Waals surface area (Å²) in [5.74, 6) is -0.981. The molecular weight excluding hydrogens is 174 g/mol. The van der Waals surface area contributed by atoms with E-state index < -0.39 is 5.97 Å². The van der Waals surface area contributed by atoms with Crippen LogP contribution < -0.4 is 0 Å². The molecule has 0 radical (unpaired) electrons. The standard InChI is InChI=1S/C5H11NO2.C3H4O2/c1-4-8-5(7)6(2)3;1-2-3(4)5/h4H2,1-3H3;2H,1H2,(H,4,5). The Balaban J connectivity index is 0. The van der Waals surface area contributed by atoms with E-state index in [1.165, 1.54) is 4.90 Å². The number of carboxylic acids is 1. The third-order valence-corrected chi connectivity index (χ3v) is 0.808. The molecule has 0 atom stereocenters. The SMILES string of the molecule is C=CC(=O)O.CCOC(=O)N(C)C. The van der Waals surface area contributed by atoms with Crippen LogP contribution in [-0.2, 0) is 9.53 Å². The van der Waals surface area contributed by atoms with E-state index in [-0.39, 0.29) is 6.09 Å². The Hall–Kier alpha value is -1.52. The van der Waals surface area contributed by atoms with Gasteiger partial charge < -0.3 is 14.7 Å². The van der Waals surface area contributed by atoms with Crippen LogP contribution in [-0.4, -0.2) is 42.8 Å². The molecule has 0 aromatic carbocycles. The highest BCUT2D eigenvalue weighted by Gasteiger charge is 1.99. The Morgan fingerprint density at radius 3 is 2.00 bits per heavy atom. The lowest BCUT2D eigenvalue weighted by molar-refractivity contribution is -0.131. The molecule has 0 saturated heterocycles. The zero-order valence-corrected chi connectivity index (χ0v) is 8.11. The molecule has 0 aliphatic heterocycles. The summed E-state index contributed by atoms with van der Waals surface area (Å²) >= 11 is 0. The molecule has 0 bridgehead atoms. The van der Waals surface area contributed by atoms with Crippen molar-refractivity contribution in [3.8, 4) is 0 Å². The first-order valence-electron chi connectivity index (χ1n) is 3.65. The van der Waals surface area contributed by atoms with E-state index in [2.05, 4.69) is 11.3 Å². The van der Waals surface area contributed by atoms with Crippen LogP contribution in [0.1, 0.15) is 6.92 Å². The van der Waals surface area contributed by atoms with Gasteiger partial charge in [0.1, 0.15) is 0 Å². The Kier molecular flexibility index (Phi) is 9.25. The minimum absolute atomic E-state index is 0.285. The average Bonchev–Trinajstić information content (AvgIpc) is 2.06. The van der Waals surface area contributed by atoms with Crippen LogP contribution in [0.25, 0.3) is 0 Å². The zero-order chi connectivity index (χ0) is 10.9. The third-order valence-electron chi connectivity index (χ3n) is 0.808. The lowest BCUT2D eigenvalue weighted by Gasteiger charge is -2.07. The fraction of sp³-hybridized carbons (Fsp3) is 0.500. The van der Waals surface area contributed by atoms with E-state index >= 15 is 0 Å². The summed E-state index contributed by atoms with van der Waals surface area (Å²) in [4.78, 5) is 21.1. The van der Waals surface area contributed by atoms with Crippen molar-refractivity contribution in [2.75, 3.05) is 20.7 Å². The second-order valence-electron chi connectivity index (χ2n) is 2.14. The van der Waals surface area contributed by atoms with Gasteiger partial charge in [0.05, 0.1) is 6.61 Å². The van der Waals surface area contributed by atoms with Gasteiger partial charge in [-0.2, -0.15) is 0 Å². The molecule has 0 aliphatic rings. The van der Waals surface area contributed by atoms with Gasteiger partial charge >= 0.3 is 12.1 Å². The number of hydrogen-bond acceptors (Lipinski definition) is 3. The smallest absolute Gasteiger partial charge is 0.409 e. The van der Waals surface area contributed by atoms with Crippen LogP contribution in [0.3, 0.4) is 0 Å². The predicted octanol–water partition coefficient (Wildman–Crippen LogP) is 0.962. The van der Waals surface area contributed by atoms with Gasteiger partial charge in [-0.3, -0.25) is 0 Å². The monoisotopic (exact) mass is 189 g/mol. The first-order chi connectivity index (χ1) is 5.95. The molecule has 5 nitrogen and oxygen atoms in total. The minimum atomic E-state index is -0.981. The minimum Gasteiger partial charge on any atom is -0.478 e. The highest BCUT2D eigenvalue weighted by atomic mass is 16.5. The molecule has 0 heterocycles. The summed E-state index contributed by atoms with van der Waals surface area (Å²) in [6.07, 6.45) is 0.549. The topological polar surface area (TPSA) is 66.8 Å². The summed E-state index contributed by atoms with van der Waals surface area (Å²) in [6, 6.07) is 0. The predicted molar refractivity (Wildman–Crippen MR) is 48.5 cm³/mol. The highest BCUT2D eigenvalue weighted by Crippen LogP contribution is 1.82. The van der Waals surface area contributed by atoms with Gasteiger partial charge in [-0.05, 0) is 6.92 Å². The number of aliphatic carboxylic acids is 1. The summed E-state index contributed by atoms with van der Waals surface area (Å²) in [5.41, 5.74) is 0. The van der Waals surface area contributed by atoms with Crippen LogP contribution in [0.15, 0.2) is 12.7 Å². The van der Waals surface area contributed by atoms with Crippen molar-refractivity contribution >= 4 is 12.1 Å². The van der Waals surface area contributed by atoms with Gasteiger partial charge in [0.15, 0.2) is 0 Å². The molecule has 0 rings (SSSR count). The van der Waals surface area contributed by atoms with Gasteiger partial charge in [-0.1, -0.05) is 6.58 Å². The Bertz CT molecular complexity index is 177. The molecule has 0 saturated carbocycles. The third kappa shape index (κ3) is 13.5. The number of nitrogens with zero attached hydrogens (tertiary/aromatic N) is 1. The summed E-state index contributed by atoms with van der Waals surface area (Å²) in [7, 11) is 3.30. The van der Waals surface area contributed by atoms with Crippen molar-refractivity contribution in [2.45, 2.75) is 6.92 Å². The lowest BCUT2D eigenvalue weighted by atomic mass is 10.7. The summed E-state index contributed by atoms with van der Waals surface area (Å²) in [5, 5.41) is 7.60. The van der Waals surface area contributed by atoms with E-state index in [1.54, 1.807) is 21.0 Å². The first-order valence-corrected chi connectivity index (χ1v) is 3.65. The number of rotatable bonds is 2. The molecule has 0 unspecified atom stereocenters. The van der Waals surface area contributed by atoms with E-state index in [0.29, 0.717) is 6.61 Å².